The lowest BCUT2D eigenvalue weighted by Crippen LogP contribution is -2.31. The van der Waals surface area contributed by atoms with E-state index in [2.05, 4.69) is 12.2 Å². The summed E-state index contributed by atoms with van der Waals surface area (Å²) < 4.78 is 18.5. The number of hydrogen-bond donors (Lipinski definition) is 1. The zero-order chi connectivity index (χ0) is 18.3. The predicted molar refractivity (Wildman–Crippen MR) is 96.9 cm³/mol. The number of unbranched alkanes of at least 4 members (excludes halogenated alkanes) is 8. The van der Waals surface area contributed by atoms with Crippen molar-refractivity contribution in [3.05, 3.63) is 35.6 Å². The number of benzene rings is 1. The summed E-state index contributed by atoms with van der Waals surface area (Å²) in [5.74, 6) is -1.72. The number of halogens is 1. The zero-order valence-electron chi connectivity index (χ0n) is 15.2. The first-order valence-electron chi connectivity index (χ1n) is 9.33. The monoisotopic (exact) mass is 351 g/mol. The lowest BCUT2D eigenvalue weighted by Gasteiger charge is -2.07. The Morgan fingerprint density at radius 1 is 0.960 bits per heavy atom. The van der Waals surface area contributed by atoms with Crippen molar-refractivity contribution in [3.63, 3.8) is 0 Å². The van der Waals surface area contributed by atoms with Gasteiger partial charge in [-0.2, -0.15) is 0 Å². The minimum absolute atomic E-state index is 0.0748. The van der Waals surface area contributed by atoms with Crippen molar-refractivity contribution in [2.24, 2.45) is 0 Å². The quantitative estimate of drug-likeness (QED) is 0.416. The summed E-state index contributed by atoms with van der Waals surface area (Å²) in [5.41, 5.74) is -0.0748. The molecule has 0 saturated carbocycles. The molecule has 0 aliphatic heterocycles. The topological polar surface area (TPSA) is 55.4 Å². The number of carbonyl (C=O) groups is 2. The summed E-state index contributed by atoms with van der Waals surface area (Å²) in [6, 6.07) is 5.65. The number of rotatable bonds is 13. The van der Waals surface area contributed by atoms with Gasteiger partial charge in [0.25, 0.3) is 5.91 Å². The first kappa shape index (κ1) is 21.1. The van der Waals surface area contributed by atoms with Crippen LogP contribution in [0.4, 0.5) is 4.39 Å². The molecule has 0 aliphatic carbocycles. The molecule has 0 aliphatic rings. The van der Waals surface area contributed by atoms with E-state index in [1.807, 2.05) is 0 Å². The molecule has 25 heavy (non-hydrogen) atoms. The average Bonchev–Trinajstić information content (AvgIpc) is 2.61. The molecule has 4 nitrogen and oxygen atoms in total. The Morgan fingerprint density at radius 3 is 2.20 bits per heavy atom. The van der Waals surface area contributed by atoms with Crippen molar-refractivity contribution < 1.29 is 18.7 Å². The second kappa shape index (κ2) is 13.4. The standard InChI is InChI=1S/C20H30FNO3/c1-2-3-4-5-6-7-8-9-12-15-25-19(23)16-22-20(24)17-13-10-11-14-18(17)21/h10-11,13-14H,2-9,12,15-16H2,1H3,(H,22,24). The predicted octanol–water partition coefficient (Wildman–Crippen LogP) is 4.63. The number of hydrogen-bond acceptors (Lipinski definition) is 3. The molecule has 140 valence electrons. The van der Waals surface area contributed by atoms with Gasteiger partial charge in [0.05, 0.1) is 12.2 Å². The molecule has 0 fully saturated rings. The Hall–Kier alpha value is -1.91. The van der Waals surface area contributed by atoms with E-state index in [0.717, 1.165) is 19.3 Å². The molecule has 0 aromatic heterocycles. The molecular formula is C20H30FNO3. The number of esters is 1. The van der Waals surface area contributed by atoms with Crippen molar-refractivity contribution in [2.75, 3.05) is 13.2 Å². The van der Waals surface area contributed by atoms with Gasteiger partial charge in [-0.3, -0.25) is 9.59 Å². The molecule has 0 bridgehead atoms. The van der Waals surface area contributed by atoms with E-state index >= 15 is 0 Å². The highest BCUT2D eigenvalue weighted by Crippen LogP contribution is 2.09. The Morgan fingerprint density at radius 2 is 1.56 bits per heavy atom. The fraction of sp³-hybridized carbons (Fsp3) is 0.600. The van der Waals surface area contributed by atoms with Crippen LogP contribution in [0.3, 0.4) is 0 Å². The van der Waals surface area contributed by atoms with Crippen molar-refractivity contribution in [1.82, 2.24) is 5.32 Å². The van der Waals surface area contributed by atoms with Gasteiger partial charge in [-0.1, -0.05) is 70.4 Å². The Bertz CT molecular complexity index is 519. The molecular weight excluding hydrogens is 321 g/mol. The van der Waals surface area contributed by atoms with Gasteiger partial charge in [-0.15, -0.1) is 0 Å². The van der Waals surface area contributed by atoms with Crippen LogP contribution in [0.2, 0.25) is 0 Å². The maximum atomic E-state index is 13.4. The third kappa shape index (κ3) is 9.85. The van der Waals surface area contributed by atoms with Crippen LogP contribution in [0.5, 0.6) is 0 Å². The van der Waals surface area contributed by atoms with Crippen molar-refractivity contribution in [2.45, 2.75) is 64.7 Å². The van der Waals surface area contributed by atoms with Gasteiger partial charge in [0, 0.05) is 0 Å². The molecule has 1 aromatic carbocycles. The van der Waals surface area contributed by atoms with E-state index in [1.165, 1.54) is 56.7 Å². The molecule has 0 spiro atoms. The van der Waals surface area contributed by atoms with E-state index in [9.17, 15) is 14.0 Å². The van der Waals surface area contributed by atoms with Crippen LogP contribution in [0, 0.1) is 5.82 Å². The van der Waals surface area contributed by atoms with Crippen molar-refractivity contribution in [1.29, 1.82) is 0 Å². The molecule has 0 radical (unpaired) electrons. The lowest BCUT2D eigenvalue weighted by atomic mass is 10.1. The Balaban J connectivity index is 2.00. The van der Waals surface area contributed by atoms with Gasteiger partial charge in [0.15, 0.2) is 0 Å². The Labute approximate surface area is 150 Å². The van der Waals surface area contributed by atoms with Crippen molar-refractivity contribution in [3.8, 4) is 0 Å². The Kier molecular flexibility index (Phi) is 11.3. The smallest absolute Gasteiger partial charge is 0.325 e. The molecule has 1 aromatic rings. The average molecular weight is 351 g/mol. The molecule has 0 atom stereocenters. The highest BCUT2D eigenvalue weighted by molar-refractivity contribution is 5.96. The van der Waals surface area contributed by atoms with E-state index in [-0.39, 0.29) is 12.1 Å². The van der Waals surface area contributed by atoms with Gasteiger partial charge < -0.3 is 10.1 Å². The van der Waals surface area contributed by atoms with Crippen LogP contribution in [-0.2, 0) is 9.53 Å². The van der Waals surface area contributed by atoms with Crippen LogP contribution in [0.1, 0.15) is 75.1 Å². The van der Waals surface area contributed by atoms with Gasteiger partial charge in [0.1, 0.15) is 12.4 Å². The third-order valence-corrected chi connectivity index (χ3v) is 4.02. The summed E-state index contributed by atoms with van der Waals surface area (Å²) in [5, 5.41) is 2.37. The minimum Gasteiger partial charge on any atom is -0.464 e. The zero-order valence-corrected chi connectivity index (χ0v) is 15.2. The molecule has 1 N–H and O–H groups in total. The fourth-order valence-electron chi connectivity index (χ4n) is 2.54. The molecule has 5 heteroatoms. The first-order valence-corrected chi connectivity index (χ1v) is 9.33. The second-order valence-electron chi connectivity index (χ2n) is 6.21. The van der Waals surface area contributed by atoms with E-state index < -0.39 is 17.7 Å². The number of ether oxygens (including phenoxy) is 1. The largest absolute Gasteiger partial charge is 0.464 e. The number of carbonyl (C=O) groups excluding carboxylic acids is 2. The van der Waals surface area contributed by atoms with E-state index in [0.29, 0.717) is 6.61 Å². The minimum atomic E-state index is -0.613. The van der Waals surface area contributed by atoms with Crippen LogP contribution < -0.4 is 5.32 Å². The SMILES string of the molecule is CCCCCCCCCCCOC(=O)CNC(=O)c1ccccc1F. The summed E-state index contributed by atoms with van der Waals surface area (Å²) in [4.78, 5) is 23.3. The lowest BCUT2D eigenvalue weighted by molar-refractivity contribution is -0.142. The van der Waals surface area contributed by atoms with Crippen LogP contribution in [-0.4, -0.2) is 25.0 Å². The van der Waals surface area contributed by atoms with E-state index in [1.54, 1.807) is 6.07 Å². The maximum Gasteiger partial charge on any atom is 0.325 e. The van der Waals surface area contributed by atoms with Gasteiger partial charge >= 0.3 is 5.97 Å². The van der Waals surface area contributed by atoms with Crippen molar-refractivity contribution >= 4 is 11.9 Å². The summed E-state index contributed by atoms with van der Waals surface area (Å²) in [6.45, 7) is 2.33. The molecule has 0 saturated heterocycles. The highest BCUT2D eigenvalue weighted by Gasteiger charge is 2.12. The van der Waals surface area contributed by atoms with Gasteiger partial charge in [0.2, 0.25) is 0 Å². The number of amides is 1. The first-order chi connectivity index (χ1) is 12.1. The fourth-order valence-corrected chi connectivity index (χ4v) is 2.54. The van der Waals surface area contributed by atoms with Gasteiger partial charge in [-0.25, -0.2) is 4.39 Å². The highest BCUT2D eigenvalue weighted by atomic mass is 19.1. The molecule has 0 unspecified atom stereocenters. The molecule has 0 heterocycles. The van der Waals surface area contributed by atoms with Crippen LogP contribution >= 0.6 is 0 Å². The second-order valence-corrected chi connectivity index (χ2v) is 6.21. The summed E-state index contributed by atoms with van der Waals surface area (Å²) >= 11 is 0. The maximum absolute atomic E-state index is 13.4. The van der Waals surface area contributed by atoms with E-state index in [4.69, 9.17) is 4.74 Å². The summed E-state index contributed by atoms with van der Waals surface area (Å²) in [7, 11) is 0. The van der Waals surface area contributed by atoms with Gasteiger partial charge in [-0.05, 0) is 18.6 Å². The molecule has 1 amide bonds. The normalized spacial score (nSPS) is 10.5. The number of nitrogens with one attached hydrogen (secondary N) is 1. The third-order valence-electron chi connectivity index (χ3n) is 4.02. The van der Waals surface area contributed by atoms with Crippen LogP contribution in [0.15, 0.2) is 24.3 Å². The summed E-state index contributed by atoms with van der Waals surface area (Å²) in [6.07, 6.45) is 10.8. The van der Waals surface area contributed by atoms with Crippen LogP contribution in [0.25, 0.3) is 0 Å². The molecule has 1 rings (SSSR count).